The number of oxazole rings is 1. The van der Waals surface area contributed by atoms with Crippen LogP contribution in [0.4, 0.5) is 0 Å². The average molecular weight is 258 g/mol. The number of pyridine rings is 1. The predicted octanol–water partition coefficient (Wildman–Crippen LogP) is 2.64. The molecule has 0 saturated heterocycles. The highest BCUT2D eigenvalue weighted by Crippen LogP contribution is 2.22. The van der Waals surface area contributed by atoms with Crippen LogP contribution in [0.25, 0.3) is 17.1 Å². The summed E-state index contributed by atoms with van der Waals surface area (Å²) >= 11 is 1.58. The van der Waals surface area contributed by atoms with Crippen LogP contribution in [0.1, 0.15) is 0 Å². The molecular weight excluding hydrogens is 248 g/mol. The molecule has 0 radical (unpaired) electrons. The fourth-order valence-electron chi connectivity index (χ4n) is 1.68. The Morgan fingerprint density at radius 1 is 1.28 bits per heavy atom. The van der Waals surface area contributed by atoms with Crippen LogP contribution in [0.5, 0.6) is 0 Å². The fourth-order valence-corrected chi connectivity index (χ4v) is 2.19. The number of aromatic nitrogens is 4. The maximum Gasteiger partial charge on any atom is 0.181 e. The lowest BCUT2D eigenvalue weighted by Gasteiger charge is -2.05. The predicted molar refractivity (Wildman–Crippen MR) is 68.6 cm³/mol. The monoisotopic (exact) mass is 258 g/mol. The first-order valence-electron chi connectivity index (χ1n) is 5.31. The van der Waals surface area contributed by atoms with Crippen molar-refractivity contribution in [1.29, 1.82) is 0 Å². The summed E-state index contributed by atoms with van der Waals surface area (Å²) in [5, 5.41) is 0.900. The van der Waals surface area contributed by atoms with Gasteiger partial charge in [0.25, 0.3) is 0 Å². The van der Waals surface area contributed by atoms with Gasteiger partial charge in [0, 0.05) is 24.2 Å². The van der Waals surface area contributed by atoms with Gasteiger partial charge in [-0.3, -0.25) is 4.57 Å². The van der Waals surface area contributed by atoms with Crippen molar-refractivity contribution in [2.24, 2.45) is 0 Å². The molecule has 0 saturated carbocycles. The Balaban J connectivity index is 2.06. The van der Waals surface area contributed by atoms with Crippen LogP contribution >= 0.6 is 11.8 Å². The summed E-state index contributed by atoms with van der Waals surface area (Å²) in [6, 6.07) is 3.83. The van der Waals surface area contributed by atoms with Crippen molar-refractivity contribution in [1.82, 2.24) is 19.5 Å². The Morgan fingerprint density at radius 3 is 3.00 bits per heavy atom. The maximum atomic E-state index is 5.28. The zero-order valence-electron chi connectivity index (χ0n) is 9.65. The molecule has 90 valence electrons. The molecule has 0 unspecified atom stereocenters. The molecule has 0 aliphatic heterocycles. The van der Waals surface area contributed by atoms with Crippen LogP contribution in [0.3, 0.4) is 0 Å². The zero-order chi connectivity index (χ0) is 12.4. The topological polar surface area (TPSA) is 56.7 Å². The van der Waals surface area contributed by atoms with Gasteiger partial charge in [-0.25, -0.2) is 15.0 Å². The largest absolute Gasteiger partial charge is 0.444 e. The van der Waals surface area contributed by atoms with Gasteiger partial charge in [0.15, 0.2) is 17.3 Å². The molecule has 0 spiro atoms. The molecule has 18 heavy (non-hydrogen) atoms. The second-order valence-electron chi connectivity index (χ2n) is 3.55. The normalized spacial score (nSPS) is 10.7. The van der Waals surface area contributed by atoms with Gasteiger partial charge >= 0.3 is 0 Å². The highest BCUT2D eigenvalue weighted by atomic mass is 32.2. The molecule has 3 aromatic rings. The highest BCUT2D eigenvalue weighted by molar-refractivity contribution is 7.98. The van der Waals surface area contributed by atoms with Gasteiger partial charge in [-0.05, 0) is 18.4 Å². The van der Waals surface area contributed by atoms with Crippen LogP contribution in [0.15, 0.2) is 52.9 Å². The van der Waals surface area contributed by atoms with Gasteiger partial charge in [0.2, 0.25) is 0 Å². The Bertz CT molecular complexity index is 648. The third-order valence-electron chi connectivity index (χ3n) is 2.50. The summed E-state index contributed by atoms with van der Waals surface area (Å²) in [6.45, 7) is 0. The lowest BCUT2D eigenvalue weighted by molar-refractivity contribution is 0.572. The minimum Gasteiger partial charge on any atom is -0.444 e. The number of rotatable bonds is 3. The molecule has 3 rings (SSSR count). The van der Waals surface area contributed by atoms with Gasteiger partial charge in [0.05, 0.1) is 6.20 Å². The van der Waals surface area contributed by atoms with E-state index in [4.69, 9.17) is 4.42 Å². The Kier molecular flexibility index (Phi) is 2.85. The summed E-state index contributed by atoms with van der Waals surface area (Å²) < 4.78 is 7.21. The van der Waals surface area contributed by atoms with Crippen molar-refractivity contribution in [3.05, 3.63) is 43.3 Å². The fraction of sp³-hybridized carbons (Fsp3) is 0.0833. The van der Waals surface area contributed by atoms with Crippen molar-refractivity contribution < 1.29 is 4.42 Å². The molecule has 0 fully saturated rings. The molecule has 6 heteroatoms. The average Bonchev–Trinajstić information content (AvgIpc) is 3.10. The molecular formula is C12H10N4OS. The number of hydrogen-bond acceptors (Lipinski definition) is 5. The molecule has 3 heterocycles. The Morgan fingerprint density at radius 2 is 2.22 bits per heavy atom. The summed E-state index contributed by atoms with van der Waals surface area (Å²) in [7, 11) is 0. The second kappa shape index (κ2) is 4.66. The third-order valence-corrected chi connectivity index (χ3v) is 3.17. The molecule has 0 aromatic carbocycles. The van der Waals surface area contributed by atoms with Crippen molar-refractivity contribution in [3.8, 4) is 17.1 Å². The lowest BCUT2D eigenvalue weighted by atomic mass is 10.2. The Hall–Kier alpha value is -2.08. The van der Waals surface area contributed by atoms with Gasteiger partial charge in [0.1, 0.15) is 5.82 Å². The van der Waals surface area contributed by atoms with Crippen molar-refractivity contribution >= 4 is 11.8 Å². The summed E-state index contributed by atoms with van der Waals surface area (Å²) in [5.74, 6) is 1.54. The first-order valence-corrected chi connectivity index (χ1v) is 6.53. The van der Waals surface area contributed by atoms with E-state index in [0.29, 0.717) is 0 Å². The van der Waals surface area contributed by atoms with Crippen molar-refractivity contribution in [3.63, 3.8) is 0 Å². The van der Waals surface area contributed by atoms with Gasteiger partial charge in [-0.15, -0.1) is 0 Å². The van der Waals surface area contributed by atoms with E-state index in [9.17, 15) is 0 Å². The van der Waals surface area contributed by atoms with Crippen molar-refractivity contribution in [2.45, 2.75) is 5.16 Å². The lowest BCUT2D eigenvalue weighted by Crippen LogP contribution is -1.97. The minimum atomic E-state index is 0.726. The summed E-state index contributed by atoms with van der Waals surface area (Å²) in [6.07, 6.45) is 10.5. The Labute approximate surface area is 108 Å². The quantitative estimate of drug-likeness (QED) is 0.676. The molecule has 0 atom stereocenters. The van der Waals surface area contributed by atoms with E-state index in [1.54, 1.807) is 30.4 Å². The minimum absolute atomic E-state index is 0.726. The van der Waals surface area contributed by atoms with Gasteiger partial charge in [-0.2, -0.15) is 0 Å². The summed E-state index contributed by atoms with van der Waals surface area (Å²) in [5.41, 5.74) is 0.943. The van der Waals surface area contributed by atoms with E-state index in [1.807, 2.05) is 29.2 Å². The van der Waals surface area contributed by atoms with Crippen LogP contribution in [-0.4, -0.2) is 25.8 Å². The molecule has 0 N–H and O–H groups in total. The van der Waals surface area contributed by atoms with Crippen LogP contribution in [0.2, 0.25) is 0 Å². The maximum absolute atomic E-state index is 5.28. The zero-order valence-corrected chi connectivity index (χ0v) is 10.5. The first kappa shape index (κ1) is 11.0. The summed E-state index contributed by atoms with van der Waals surface area (Å²) in [4.78, 5) is 12.5. The van der Waals surface area contributed by atoms with E-state index >= 15 is 0 Å². The van der Waals surface area contributed by atoms with Crippen molar-refractivity contribution in [2.75, 3.05) is 6.26 Å². The molecule has 0 aliphatic carbocycles. The molecule has 0 aliphatic rings. The van der Waals surface area contributed by atoms with Crippen LogP contribution in [0, 0.1) is 0 Å². The highest BCUT2D eigenvalue weighted by Gasteiger charge is 2.07. The SMILES string of the molecule is CSc1nccn1-c1cc(-c2cnco2)ccn1. The van der Waals surface area contributed by atoms with E-state index in [0.717, 1.165) is 22.3 Å². The third kappa shape index (κ3) is 1.91. The van der Waals surface area contributed by atoms with E-state index < -0.39 is 0 Å². The smallest absolute Gasteiger partial charge is 0.181 e. The van der Waals surface area contributed by atoms with Gasteiger partial charge in [-0.1, -0.05) is 11.8 Å². The molecule has 5 nitrogen and oxygen atoms in total. The van der Waals surface area contributed by atoms with Gasteiger partial charge < -0.3 is 4.42 Å². The van der Waals surface area contributed by atoms with E-state index in [2.05, 4.69) is 15.0 Å². The second-order valence-corrected chi connectivity index (χ2v) is 4.33. The first-order chi connectivity index (χ1) is 8.88. The van der Waals surface area contributed by atoms with Crippen LogP contribution < -0.4 is 0 Å². The van der Waals surface area contributed by atoms with E-state index in [-0.39, 0.29) is 0 Å². The number of nitrogens with zero attached hydrogens (tertiary/aromatic N) is 4. The number of imidazole rings is 1. The van der Waals surface area contributed by atoms with Crippen LogP contribution in [-0.2, 0) is 0 Å². The number of thioether (sulfide) groups is 1. The standard InChI is InChI=1S/C12H10N4OS/c1-18-12-15-4-5-16(12)11-6-9(2-3-14-11)10-7-13-8-17-10/h2-8H,1H3. The number of hydrogen-bond donors (Lipinski definition) is 0. The molecule has 0 amide bonds. The molecule has 3 aromatic heterocycles. The molecule has 0 bridgehead atoms. The van der Waals surface area contributed by atoms with E-state index in [1.165, 1.54) is 6.39 Å².